The van der Waals surface area contributed by atoms with E-state index in [0.29, 0.717) is 12.5 Å². The van der Waals surface area contributed by atoms with Crippen molar-refractivity contribution in [2.45, 2.75) is 32.1 Å². The molecular formula is C14H20N2OS. The highest BCUT2D eigenvalue weighted by Gasteiger charge is 2.26. The molecule has 1 saturated heterocycles. The third-order valence-corrected chi connectivity index (χ3v) is 5.32. The molecule has 0 spiro atoms. The van der Waals surface area contributed by atoms with Crippen LogP contribution in [-0.2, 0) is 12.8 Å². The zero-order valence-corrected chi connectivity index (χ0v) is 11.5. The van der Waals surface area contributed by atoms with Crippen LogP contribution < -0.4 is 5.73 Å². The molecule has 1 aromatic heterocycles. The fourth-order valence-corrected chi connectivity index (χ4v) is 4.25. The van der Waals surface area contributed by atoms with E-state index in [4.69, 9.17) is 5.73 Å². The summed E-state index contributed by atoms with van der Waals surface area (Å²) in [4.78, 5) is 16.8. The molecule has 3 rings (SSSR count). The van der Waals surface area contributed by atoms with Crippen molar-refractivity contribution in [3.05, 3.63) is 21.4 Å². The first-order chi connectivity index (χ1) is 8.78. The predicted octanol–water partition coefficient (Wildman–Crippen LogP) is 2.05. The molecule has 4 heteroatoms. The van der Waals surface area contributed by atoms with Gasteiger partial charge in [-0.05, 0) is 56.2 Å². The average molecular weight is 264 g/mol. The number of carbonyl (C=O) groups excluding carboxylic acids is 1. The smallest absolute Gasteiger partial charge is 0.263 e. The van der Waals surface area contributed by atoms with Crippen LogP contribution in [0, 0.1) is 5.92 Å². The topological polar surface area (TPSA) is 46.3 Å². The summed E-state index contributed by atoms with van der Waals surface area (Å²) < 4.78 is 0. The summed E-state index contributed by atoms with van der Waals surface area (Å²) in [7, 11) is 0. The number of amides is 1. The number of nitrogens with zero attached hydrogens (tertiary/aromatic N) is 1. The fraction of sp³-hybridized carbons (Fsp3) is 0.643. The minimum Gasteiger partial charge on any atom is -0.338 e. The Morgan fingerprint density at radius 2 is 2.33 bits per heavy atom. The fourth-order valence-electron chi connectivity index (χ4n) is 3.03. The van der Waals surface area contributed by atoms with E-state index in [1.54, 1.807) is 11.3 Å². The lowest BCUT2D eigenvalue weighted by Crippen LogP contribution is -2.41. The molecule has 1 atom stereocenters. The van der Waals surface area contributed by atoms with Crippen molar-refractivity contribution >= 4 is 17.2 Å². The van der Waals surface area contributed by atoms with Crippen molar-refractivity contribution in [2.24, 2.45) is 11.7 Å². The first-order valence-corrected chi connectivity index (χ1v) is 7.70. The van der Waals surface area contributed by atoms with Crippen LogP contribution in [0.2, 0.25) is 0 Å². The molecule has 2 aliphatic rings. The standard InChI is InChI=1S/C14H20N2OS/c15-8-10-3-2-6-16(9-10)14(17)13-7-11-4-1-5-12(11)18-13/h7,10H,1-6,8-9,15H2. The molecule has 1 unspecified atom stereocenters. The van der Waals surface area contributed by atoms with Gasteiger partial charge in [0, 0.05) is 18.0 Å². The van der Waals surface area contributed by atoms with E-state index in [-0.39, 0.29) is 5.91 Å². The number of rotatable bonds is 2. The van der Waals surface area contributed by atoms with Crippen molar-refractivity contribution in [2.75, 3.05) is 19.6 Å². The van der Waals surface area contributed by atoms with Crippen molar-refractivity contribution in [3.63, 3.8) is 0 Å². The molecule has 1 aliphatic carbocycles. The van der Waals surface area contributed by atoms with Crippen LogP contribution in [0.1, 0.15) is 39.4 Å². The summed E-state index contributed by atoms with van der Waals surface area (Å²) in [6.45, 7) is 2.44. The highest BCUT2D eigenvalue weighted by molar-refractivity contribution is 7.14. The molecule has 1 amide bonds. The molecule has 0 saturated carbocycles. The van der Waals surface area contributed by atoms with Crippen LogP contribution in [0.3, 0.4) is 0 Å². The monoisotopic (exact) mass is 264 g/mol. The molecule has 2 heterocycles. The molecule has 18 heavy (non-hydrogen) atoms. The van der Waals surface area contributed by atoms with Crippen LogP contribution in [0.25, 0.3) is 0 Å². The Kier molecular flexibility index (Phi) is 3.39. The zero-order chi connectivity index (χ0) is 12.5. The van der Waals surface area contributed by atoms with Gasteiger partial charge in [0.1, 0.15) is 0 Å². The van der Waals surface area contributed by atoms with E-state index >= 15 is 0 Å². The van der Waals surface area contributed by atoms with Gasteiger partial charge in [-0.25, -0.2) is 0 Å². The van der Waals surface area contributed by atoms with Gasteiger partial charge >= 0.3 is 0 Å². The Labute approximate surface area is 112 Å². The summed E-state index contributed by atoms with van der Waals surface area (Å²) in [6, 6.07) is 2.13. The van der Waals surface area contributed by atoms with E-state index in [2.05, 4.69) is 6.07 Å². The van der Waals surface area contributed by atoms with Crippen LogP contribution in [-0.4, -0.2) is 30.4 Å². The van der Waals surface area contributed by atoms with Crippen LogP contribution in [0.5, 0.6) is 0 Å². The lowest BCUT2D eigenvalue weighted by Gasteiger charge is -2.31. The number of carbonyl (C=O) groups is 1. The second-order valence-electron chi connectivity index (χ2n) is 5.41. The van der Waals surface area contributed by atoms with Gasteiger partial charge in [0.05, 0.1) is 4.88 Å². The number of fused-ring (bicyclic) bond motifs is 1. The summed E-state index contributed by atoms with van der Waals surface area (Å²) in [5, 5.41) is 0. The number of thiophene rings is 1. The van der Waals surface area contributed by atoms with Crippen molar-refractivity contribution < 1.29 is 4.79 Å². The van der Waals surface area contributed by atoms with E-state index in [1.807, 2.05) is 4.90 Å². The number of likely N-dealkylation sites (tertiary alicyclic amines) is 1. The van der Waals surface area contributed by atoms with Crippen molar-refractivity contribution in [1.29, 1.82) is 0 Å². The quantitative estimate of drug-likeness (QED) is 0.888. The third kappa shape index (κ3) is 2.19. The molecule has 98 valence electrons. The van der Waals surface area contributed by atoms with Crippen molar-refractivity contribution in [1.82, 2.24) is 4.90 Å². The summed E-state index contributed by atoms with van der Waals surface area (Å²) in [5.74, 6) is 0.724. The van der Waals surface area contributed by atoms with Gasteiger partial charge in [0.2, 0.25) is 0 Å². The van der Waals surface area contributed by atoms with Gasteiger partial charge < -0.3 is 10.6 Å². The van der Waals surface area contributed by atoms with E-state index in [0.717, 1.165) is 30.8 Å². The highest BCUT2D eigenvalue weighted by atomic mass is 32.1. The number of aryl methyl sites for hydroxylation is 2. The van der Waals surface area contributed by atoms with Crippen LogP contribution in [0.4, 0.5) is 0 Å². The predicted molar refractivity (Wildman–Crippen MR) is 74.0 cm³/mol. The minimum atomic E-state index is 0.229. The molecule has 1 aliphatic heterocycles. The molecular weight excluding hydrogens is 244 g/mol. The average Bonchev–Trinajstić information content (AvgIpc) is 2.98. The van der Waals surface area contributed by atoms with Crippen LogP contribution in [0.15, 0.2) is 6.07 Å². The highest BCUT2D eigenvalue weighted by Crippen LogP contribution is 2.31. The van der Waals surface area contributed by atoms with Gasteiger partial charge in [-0.1, -0.05) is 0 Å². The molecule has 1 aromatic rings. The number of hydrogen-bond donors (Lipinski definition) is 1. The second kappa shape index (κ2) is 5.02. The molecule has 0 aromatic carbocycles. The van der Waals surface area contributed by atoms with Gasteiger partial charge in [0.15, 0.2) is 0 Å². The largest absolute Gasteiger partial charge is 0.338 e. The van der Waals surface area contributed by atoms with Gasteiger partial charge in [-0.3, -0.25) is 4.79 Å². The normalized spacial score (nSPS) is 23.2. The number of nitrogens with two attached hydrogens (primary N) is 1. The van der Waals surface area contributed by atoms with E-state index in [1.165, 1.54) is 29.7 Å². The Morgan fingerprint density at radius 3 is 3.11 bits per heavy atom. The Morgan fingerprint density at radius 1 is 1.44 bits per heavy atom. The summed E-state index contributed by atoms with van der Waals surface area (Å²) >= 11 is 1.71. The van der Waals surface area contributed by atoms with Gasteiger partial charge in [-0.2, -0.15) is 0 Å². The Balaban J connectivity index is 1.73. The first kappa shape index (κ1) is 12.2. The maximum Gasteiger partial charge on any atom is 0.263 e. The van der Waals surface area contributed by atoms with E-state index < -0.39 is 0 Å². The molecule has 2 N–H and O–H groups in total. The zero-order valence-electron chi connectivity index (χ0n) is 10.7. The van der Waals surface area contributed by atoms with E-state index in [9.17, 15) is 4.79 Å². The first-order valence-electron chi connectivity index (χ1n) is 6.89. The minimum absolute atomic E-state index is 0.229. The SMILES string of the molecule is NCC1CCCN(C(=O)c2cc3c(s2)CCC3)C1. The van der Waals surface area contributed by atoms with Crippen LogP contribution >= 0.6 is 11.3 Å². The van der Waals surface area contributed by atoms with Crippen molar-refractivity contribution in [3.8, 4) is 0 Å². The lowest BCUT2D eigenvalue weighted by atomic mass is 9.98. The second-order valence-corrected chi connectivity index (χ2v) is 6.54. The Bertz CT molecular complexity index is 433. The molecule has 3 nitrogen and oxygen atoms in total. The van der Waals surface area contributed by atoms with Gasteiger partial charge in [0.25, 0.3) is 5.91 Å². The summed E-state index contributed by atoms with van der Waals surface area (Å²) in [5.41, 5.74) is 7.14. The molecule has 1 fully saturated rings. The van der Waals surface area contributed by atoms with Gasteiger partial charge in [-0.15, -0.1) is 11.3 Å². The summed E-state index contributed by atoms with van der Waals surface area (Å²) in [6.07, 6.45) is 5.84. The maximum atomic E-state index is 12.5. The molecule has 0 radical (unpaired) electrons. The molecule has 0 bridgehead atoms. The number of piperidine rings is 1. The third-order valence-electron chi connectivity index (χ3n) is 4.10. The maximum absolute atomic E-state index is 12.5. The Hall–Kier alpha value is -0.870. The lowest BCUT2D eigenvalue weighted by molar-refractivity contribution is 0.0683. The number of hydrogen-bond acceptors (Lipinski definition) is 3.